The molecule has 0 spiro atoms. The molecule has 1 aromatic heterocycles. The van der Waals surface area contributed by atoms with Gasteiger partial charge in [0, 0.05) is 36.9 Å². The monoisotopic (exact) mass is 493 g/mol. The van der Waals surface area contributed by atoms with Gasteiger partial charge in [-0.3, -0.25) is 4.79 Å². The van der Waals surface area contributed by atoms with Crippen LogP contribution in [-0.4, -0.2) is 44.4 Å². The van der Waals surface area contributed by atoms with Gasteiger partial charge in [-0.2, -0.15) is 9.78 Å². The maximum Gasteiger partial charge on any atom is 0.292 e. The van der Waals surface area contributed by atoms with Crippen molar-refractivity contribution in [3.8, 4) is 5.69 Å². The number of aromatic nitrogens is 2. The van der Waals surface area contributed by atoms with Gasteiger partial charge in [0.15, 0.2) is 0 Å². The number of hydrogen-bond donors (Lipinski definition) is 1. The summed E-state index contributed by atoms with van der Waals surface area (Å²) in [4.78, 5) is 17.1. The standard InChI is InChI=1S/C21H21Cl2N5O3S/c1-14-2-3-16(12-18(14)22)28-21(29)20(23)19(13-25-28)27-10-8-26(9-11-27)15-4-6-17(7-5-15)32(24,30)31/h2-7,12-13H,8-11H2,1H3,(H2,24,30,31). The van der Waals surface area contributed by atoms with Crippen molar-refractivity contribution in [3.05, 3.63) is 74.6 Å². The first kappa shape index (κ1) is 22.6. The zero-order valence-corrected chi connectivity index (χ0v) is 19.5. The van der Waals surface area contributed by atoms with Crippen molar-refractivity contribution >= 4 is 44.6 Å². The number of anilines is 2. The number of nitrogens with two attached hydrogens (primary N) is 1. The number of sulfonamides is 1. The third-order valence-electron chi connectivity index (χ3n) is 5.45. The van der Waals surface area contributed by atoms with Crippen LogP contribution in [0.4, 0.5) is 11.4 Å². The molecule has 0 aliphatic carbocycles. The lowest BCUT2D eigenvalue weighted by atomic mass is 10.2. The minimum atomic E-state index is -3.72. The molecule has 8 nitrogen and oxygen atoms in total. The molecular weight excluding hydrogens is 473 g/mol. The zero-order chi connectivity index (χ0) is 23.0. The Kier molecular flexibility index (Phi) is 6.17. The molecule has 3 aromatic rings. The lowest BCUT2D eigenvalue weighted by Gasteiger charge is -2.37. The fraction of sp³-hybridized carbons (Fsp3) is 0.238. The van der Waals surface area contributed by atoms with Crippen LogP contribution in [0.25, 0.3) is 5.69 Å². The molecule has 1 aliphatic rings. The van der Waals surface area contributed by atoms with Crippen LogP contribution in [0.5, 0.6) is 0 Å². The Labute approximate surface area is 195 Å². The molecule has 4 rings (SSSR count). The molecule has 0 bridgehead atoms. The molecule has 2 aromatic carbocycles. The third-order valence-corrected chi connectivity index (χ3v) is 7.14. The van der Waals surface area contributed by atoms with Crippen molar-refractivity contribution in [3.63, 3.8) is 0 Å². The van der Waals surface area contributed by atoms with E-state index in [1.54, 1.807) is 30.5 Å². The summed E-state index contributed by atoms with van der Waals surface area (Å²) >= 11 is 12.6. The van der Waals surface area contributed by atoms with Crippen LogP contribution in [-0.2, 0) is 10.0 Å². The number of rotatable bonds is 4. The van der Waals surface area contributed by atoms with E-state index in [0.717, 1.165) is 11.3 Å². The number of primary sulfonamides is 1. The molecule has 1 fully saturated rings. The van der Waals surface area contributed by atoms with E-state index in [1.165, 1.54) is 16.8 Å². The topological polar surface area (TPSA) is 102 Å². The molecule has 1 aliphatic heterocycles. The average Bonchev–Trinajstić information content (AvgIpc) is 2.77. The number of benzene rings is 2. The molecule has 2 N–H and O–H groups in total. The highest BCUT2D eigenvalue weighted by Crippen LogP contribution is 2.26. The highest BCUT2D eigenvalue weighted by molar-refractivity contribution is 7.89. The smallest absolute Gasteiger partial charge is 0.292 e. The first-order valence-electron chi connectivity index (χ1n) is 9.82. The van der Waals surface area contributed by atoms with E-state index in [4.69, 9.17) is 28.3 Å². The van der Waals surface area contributed by atoms with Gasteiger partial charge in [-0.25, -0.2) is 13.6 Å². The van der Waals surface area contributed by atoms with Gasteiger partial charge in [0.2, 0.25) is 10.0 Å². The fourth-order valence-corrected chi connectivity index (χ4v) is 4.53. The lowest BCUT2D eigenvalue weighted by Crippen LogP contribution is -2.47. The van der Waals surface area contributed by atoms with Gasteiger partial charge in [-0.1, -0.05) is 29.3 Å². The molecule has 1 saturated heterocycles. The molecule has 0 atom stereocenters. The minimum absolute atomic E-state index is 0.0770. The predicted molar refractivity (Wildman–Crippen MR) is 127 cm³/mol. The Morgan fingerprint density at radius 1 is 0.938 bits per heavy atom. The van der Waals surface area contributed by atoms with Crippen molar-refractivity contribution in [1.82, 2.24) is 9.78 Å². The van der Waals surface area contributed by atoms with Crippen molar-refractivity contribution in [2.45, 2.75) is 11.8 Å². The number of hydrogen-bond acceptors (Lipinski definition) is 6. The highest BCUT2D eigenvalue weighted by atomic mass is 35.5. The van der Waals surface area contributed by atoms with E-state index < -0.39 is 15.6 Å². The van der Waals surface area contributed by atoms with E-state index >= 15 is 0 Å². The van der Waals surface area contributed by atoms with Crippen molar-refractivity contribution in [2.24, 2.45) is 5.14 Å². The van der Waals surface area contributed by atoms with Gasteiger partial charge in [0.05, 0.1) is 22.5 Å². The fourth-order valence-electron chi connectivity index (χ4n) is 3.59. The Balaban J connectivity index is 1.50. The Hall–Kier alpha value is -2.59. The second-order valence-corrected chi connectivity index (χ2v) is 9.85. The summed E-state index contributed by atoms with van der Waals surface area (Å²) in [5, 5.41) is 10.1. The van der Waals surface area contributed by atoms with Crippen LogP contribution >= 0.6 is 23.2 Å². The molecule has 168 valence electrons. The van der Waals surface area contributed by atoms with Crippen LogP contribution in [0.3, 0.4) is 0 Å². The predicted octanol–water partition coefficient (Wildman–Crippen LogP) is 2.82. The van der Waals surface area contributed by atoms with E-state index in [1.807, 2.05) is 17.9 Å². The molecule has 0 amide bonds. The quantitative estimate of drug-likeness (QED) is 0.599. The summed E-state index contributed by atoms with van der Waals surface area (Å²) < 4.78 is 24.1. The summed E-state index contributed by atoms with van der Waals surface area (Å²) in [5.41, 5.74) is 2.52. The Bertz CT molecular complexity index is 1320. The molecular formula is C21H21Cl2N5O3S. The van der Waals surface area contributed by atoms with Gasteiger partial charge < -0.3 is 9.80 Å². The van der Waals surface area contributed by atoms with E-state index in [0.29, 0.717) is 42.6 Å². The molecule has 0 saturated carbocycles. The summed E-state index contributed by atoms with van der Waals surface area (Å²) in [5.74, 6) is 0. The summed E-state index contributed by atoms with van der Waals surface area (Å²) in [6.45, 7) is 4.46. The Morgan fingerprint density at radius 3 is 2.12 bits per heavy atom. The van der Waals surface area contributed by atoms with Gasteiger partial charge in [-0.05, 0) is 48.9 Å². The second kappa shape index (κ2) is 8.74. The molecule has 0 unspecified atom stereocenters. The lowest BCUT2D eigenvalue weighted by molar-refractivity contribution is 0.597. The molecule has 32 heavy (non-hydrogen) atoms. The number of piperazine rings is 1. The molecule has 2 heterocycles. The van der Waals surface area contributed by atoms with Crippen LogP contribution in [0.2, 0.25) is 10.0 Å². The van der Waals surface area contributed by atoms with Crippen molar-refractivity contribution in [1.29, 1.82) is 0 Å². The molecule has 0 radical (unpaired) electrons. The first-order valence-corrected chi connectivity index (χ1v) is 12.1. The largest absolute Gasteiger partial charge is 0.368 e. The van der Waals surface area contributed by atoms with Crippen molar-refractivity contribution < 1.29 is 8.42 Å². The van der Waals surface area contributed by atoms with Gasteiger partial charge in [0.1, 0.15) is 5.02 Å². The van der Waals surface area contributed by atoms with E-state index in [9.17, 15) is 13.2 Å². The van der Waals surface area contributed by atoms with E-state index in [-0.39, 0.29) is 9.92 Å². The van der Waals surface area contributed by atoms with E-state index in [2.05, 4.69) is 10.00 Å². The first-order chi connectivity index (χ1) is 15.1. The normalized spacial score (nSPS) is 14.6. The molecule has 11 heteroatoms. The second-order valence-electron chi connectivity index (χ2n) is 7.51. The van der Waals surface area contributed by atoms with Crippen LogP contribution in [0, 0.1) is 6.92 Å². The third kappa shape index (κ3) is 4.47. The summed E-state index contributed by atoms with van der Waals surface area (Å²) in [6.07, 6.45) is 1.59. The number of nitrogens with zero attached hydrogens (tertiary/aromatic N) is 4. The summed E-state index contributed by atoms with van der Waals surface area (Å²) in [7, 11) is -3.72. The Morgan fingerprint density at radius 2 is 1.53 bits per heavy atom. The van der Waals surface area contributed by atoms with Gasteiger partial charge >= 0.3 is 0 Å². The highest BCUT2D eigenvalue weighted by Gasteiger charge is 2.22. The van der Waals surface area contributed by atoms with Crippen LogP contribution < -0.4 is 20.5 Å². The van der Waals surface area contributed by atoms with Crippen molar-refractivity contribution in [2.75, 3.05) is 36.0 Å². The van der Waals surface area contributed by atoms with Gasteiger partial charge in [0.25, 0.3) is 5.56 Å². The maximum atomic E-state index is 12.9. The average molecular weight is 494 g/mol. The zero-order valence-electron chi connectivity index (χ0n) is 17.2. The number of halogens is 2. The minimum Gasteiger partial charge on any atom is -0.368 e. The van der Waals surface area contributed by atoms with Gasteiger partial charge in [-0.15, -0.1) is 0 Å². The maximum absolute atomic E-state index is 12.9. The van der Waals surface area contributed by atoms with Crippen LogP contribution in [0.1, 0.15) is 5.56 Å². The number of aryl methyl sites for hydroxylation is 1. The summed E-state index contributed by atoms with van der Waals surface area (Å²) in [6, 6.07) is 11.7. The SMILES string of the molecule is Cc1ccc(-n2ncc(N3CCN(c4ccc(S(N)(=O)=O)cc4)CC3)c(Cl)c2=O)cc1Cl. The van der Waals surface area contributed by atoms with Crippen LogP contribution in [0.15, 0.2) is 58.4 Å².